The van der Waals surface area contributed by atoms with Crippen LogP contribution in [0, 0.1) is 0 Å². The Morgan fingerprint density at radius 2 is 1.71 bits per heavy atom. The number of ether oxygens (including phenoxy) is 1. The largest absolute Gasteiger partial charge is 0.493 e. The zero-order valence-electron chi connectivity index (χ0n) is 13.7. The summed E-state index contributed by atoms with van der Waals surface area (Å²) >= 11 is 0. The van der Waals surface area contributed by atoms with Crippen molar-refractivity contribution < 1.29 is 9.53 Å². The fourth-order valence-electron chi connectivity index (χ4n) is 2.64. The molecule has 0 spiro atoms. The van der Waals surface area contributed by atoms with E-state index in [-0.39, 0.29) is 5.78 Å². The lowest BCUT2D eigenvalue weighted by molar-refractivity contribution is 0.104. The molecule has 2 heteroatoms. The number of allylic oxidation sites excluding steroid dienone is 1. The van der Waals surface area contributed by atoms with Crippen molar-refractivity contribution in [2.24, 2.45) is 0 Å². The zero-order chi connectivity index (χ0) is 16.8. The average Bonchev–Trinajstić information content (AvgIpc) is 2.65. The summed E-state index contributed by atoms with van der Waals surface area (Å²) in [7, 11) is 0. The van der Waals surface area contributed by atoms with Gasteiger partial charge < -0.3 is 4.74 Å². The minimum absolute atomic E-state index is 0.00928. The Hall–Kier alpha value is -2.87. The third-order valence-corrected chi connectivity index (χ3v) is 3.85. The molecule has 0 aromatic heterocycles. The average molecular weight is 316 g/mol. The second kappa shape index (κ2) is 7.60. The molecule has 0 saturated heterocycles. The highest BCUT2D eigenvalue weighted by molar-refractivity contribution is 6.08. The molecule has 3 rings (SSSR count). The van der Waals surface area contributed by atoms with Gasteiger partial charge in [-0.05, 0) is 35.4 Å². The van der Waals surface area contributed by atoms with Crippen molar-refractivity contribution in [1.29, 1.82) is 0 Å². The van der Waals surface area contributed by atoms with Gasteiger partial charge in [0.1, 0.15) is 5.75 Å². The van der Waals surface area contributed by atoms with Crippen molar-refractivity contribution in [3.63, 3.8) is 0 Å². The maximum Gasteiger partial charge on any atom is 0.185 e. The highest BCUT2D eigenvalue weighted by atomic mass is 16.5. The first-order valence-corrected chi connectivity index (χ1v) is 8.21. The highest BCUT2D eigenvalue weighted by Gasteiger charge is 2.07. The standard InChI is InChI=1S/C22H20O2/c1-2-16-24-22-15-12-17-8-6-7-11-19(17)20(22)13-14-21(23)18-9-4-3-5-10-18/h3-15H,2,16H2,1H3/b14-13+. The lowest BCUT2D eigenvalue weighted by Gasteiger charge is -2.11. The molecule has 0 radical (unpaired) electrons. The summed E-state index contributed by atoms with van der Waals surface area (Å²) in [6.07, 6.45) is 4.43. The SMILES string of the molecule is CCCOc1ccc2ccccc2c1/C=C/C(=O)c1ccccc1. The number of carbonyl (C=O) groups is 1. The third kappa shape index (κ3) is 3.54. The number of fused-ring (bicyclic) bond motifs is 1. The number of ketones is 1. The Bertz CT molecular complexity index is 864. The maximum absolute atomic E-state index is 12.4. The molecule has 0 bridgehead atoms. The number of rotatable bonds is 6. The molecule has 0 fully saturated rings. The van der Waals surface area contributed by atoms with E-state index in [0.29, 0.717) is 12.2 Å². The fourth-order valence-corrected chi connectivity index (χ4v) is 2.64. The molecule has 120 valence electrons. The van der Waals surface area contributed by atoms with Crippen molar-refractivity contribution in [1.82, 2.24) is 0 Å². The van der Waals surface area contributed by atoms with Crippen LogP contribution in [-0.4, -0.2) is 12.4 Å². The number of hydrogen-bond acceptors (Lipinski definition) is 2. The van der Waals surface area contributed by atoms with Crippen molar-refractivity contribution in [3.8, 4) is 5.75 Å². The van der Waals surface area contributed by atoms with Crippen LogP contribution in [-0.2, 0) is 0 Å². The minimum Gasteiger partial charge on any atom is -0.493 e. The van der Waals surface area contributed by atoms with Crippen LogP contribution in [0.15, 0.2) is 72.8 Å². The number of benzene rings is 3. The molecule has 2 nitrogen and oxygen atoms in total. The maximum atomic E-state index is 12.4. The van der Waals surface area contributed by atoms with Gasteiger partial charge in [0.05, 0.1) is 6.61 Å². The molecule has 0 aliphatic carbocycles. The monoisotopic (exact) mass is 316 g/mol. The Morgan fingerprint density at radius 1 is 0.958 bits per heavy atom. The van der Waals surface area contributed by atoms with Gasteiger partial charge in [0.2, 0.25) is 0 Å². The lowest BCUT2D eigenvalue weighted by atomic mass is 10.0. The van der Waals surface area contributed by atoms with E-state index in [2.05, 4.69) is 25.1 Å². The number of hydrogen-bond donors (Lipinski definition) is 0. The summed E-state index contributed by atoms with van der Waals surface area (Å²) in [6, 6.07) is 21.5. The Morgan fingerprint density at radius 3 is 2.50 bits per heavy atom. The molecule has 3 aromatic carbocycles. The topological polar surface area (TPSA) is 26.3 Å². The van der Waals surface area contributed by atoms with Crippen molar-refractivity contribution >= 4 is 22.6 Å². The van der Waals surface area contributed by atoms with E-state index in [1.54, 1.807) is 6.08 Å². The molecule has 0 amide bonds. The van der Waals surface area contributed by atoms with Gasteiger partial charge in [-0.1, -0.05) is 67.6 Å². The molecule has 0 aliphatic rings. The third-order valence-electron chi connectivity index (χ3n) is 3.85. The van der Waals surface area contributed by atoms with Gasteiger partial charge in [-0.15, -0.1) is 0 Å². The van der Waals surface area contributed by atoms with Gasteiger partial charge in [-0.25, -0.2) is 0 Å². The number of carbonyl (C=O) groups excluding carboxylic acids is 1. The van der Waals surface area contributed by atoms with Crippen LogP contribution in [0.3, 0.4) is 0 Å². The Labute approximate surface area is 142 Å². The van der Waals surface area contributed by atoms with Crippen molar-refractivity contribution in [2.75, 3.05) is 6.61 Å². The first-order valence-electron chi connectivity index (χ1n) is 8.21. The van der Waals surface area contributed by atoms with Crippen LogP contribution >= 0.6 is 0 Å². The predicted molar refractivity (Wildman–Crippen MR) is 99.5 cm³/mol. The molecule has 0 unspecified atom stereocenters. The first-order chi connectivity index (χ1) is 11.8. The van der Waals surface area contributed by atoms with E-state index in [0.717, 1.165) is 28.5 Å². The van der Waals surface area contributed by atoms with Crippen LogP contribution in [0.5, 0.6) is 5.75 Å². The van der Waals surface area contributed by atoms with Crippen LogP contribution < -0.4 is 4.74 Å². The molecule has 0 saturated carbocycles. The molecule has 0 N–H and O–H groups in total. The van der Waals surface area contributed by atoms with E-state index in [9.17, 15) is 4.79 Å². The molecular weight excluding hydrogens is 296 g/mol. The second-order valence-corrected chi connectivity index (χ2v) is 5.61. The zero-order valence-corrected chi connectivity index (χ0v) is 13.7. The van der Waals surface area contributed by atoms with Gasteiger partial charge >= 0.3 is 0 Å². The van der Waals surface area contributed by atoms with Crippen molar-refractivity contribution in [3.05, 3.63) is 83.9 Å². The first kappa shape index (κ1) is 16.0. The van der Waals surface area contributed by atoms with Gasteiger partial charge in [0, 0.05) is 11.1 Å². The normalized spacial score (nSPS) is 11.0. The summed E-state index contributed by atoms with van der Waals surface area (Å²) in [4.78, 5) is 12.4. The Balaban J connectivity index is 1.99. The van der Waals surface area contributed by atoms with E-state index < -0.39 is 0 Å². The van der Waals surface area contributed by atoms with Gasteiger partial charge in [-0.3, -0.25) is 4.79 Å². The molecule has 3 aromatic rings. The quantitative estimate of drug-likeness (QED) is 0.442. The highest BCUT2D eigenvalue weighted by Crippen LogP contribution is 2.29. The summed E-state index contributed by atoms with van der Waals surface area (Å²) in [5.41, 5.74) is 1.64. The van der Waals surface area contributed by atoms with E-state index >= 15 is 0 Å². The second-order valence-electron chi connectivity index (χ2n) is 5.61. The lowest BCUT2D eigenvalue weighted by Crippen LogP contribution is -1.98. The molecule has 0 aliphatic heterocycles. The Kier molecular flexibility index (Phi) is 5.07. The minimum atomic E-state index is -0.00928. The summed E-state index contributed by atoms with van der Waals surface area (Å²) in [6.45, 7) is 2.74. The van der Waals surface area contributed by atoms with E-state index in [1.165, 1.54) is 0 Å². The van der Waals surface area contributed by atoms with Gasteiger partial charge in [-0.2, -0.15) is 0 Å². The van der Waals surface area contributed by atoms with Crippen LogP contribution in [0.1, 0.15) is 29.3 Å². The molecular formula is C22H20O2. The van der Waals surface area contributed by atoms with Gasteiger partial charge in [0.15, 0.2) is 5.78 Å². The van der Waals surface area contributed by atoms with Crippen LogP contribution in [0.2, 0.25) is 0 Å². The molecule has 0 heterocycles. The molecule has 24 heavy (non-hydrogen) atoms. The summed E-state index contributed by atoms with van der Waals surface area (Å²) < 4.78 is 5.87. The molecule has 0 atom stereocenters. The van der Waals surface area contributed by atoms with E-state index in [4.69, 9.17) is 4.74 Å². The van der Waals surface area contributed by atoms with Crippen LogP contribution in [0.4, 0.5) is 0 Å². The van der Waals surface area contributed by atoms with Gasteiger partial charge in [0.25, 0.3) is 0 Å². The van der Waals surface area contributed by atoms with Crippen molar-refractivity contribution in [2.45, 2.75) is 13.3 Å². The fraction of sp³-hybridized carbons (Fsp3) is 0.136. The predicted octanol–water partition coefficient (Wildman–Crippen LogP) is 5.52. The summed E-state index contributed by atoms with van der Waals surface area (Å²) in [5, 5.41) is 2.22. The van der Waals surface area contributed by atoms with Crippen LogP contribution in [0.25, 0.3) is 16.8 Å². The smallest absolute Gasteiger partial charge is 0.185 e. The van der Waals surface area contributed by atoms with E-state index in [1.807, 2.05) is 54.6 Å². The summed E-state index contributed by atoms with van der Waals surface area (Å²) in [5.74, 6) is 0.803.